The minimum Gasteiger partial charge on any atom is -0.338 e. The van der Waals surface area contributed by atoms with Gasteiger partial charge >= 0.3 is 0 Å². The van der Waals surface area contributed by atoms with Crippen LogP contribution in [0.3, 0.4) is 0 Å². The first-order valence-corrected chi connectivity index (χ1v) is 7.75. The zero-order valence-electron chi connectivity index (χ0n) is 11.6. The summed E-state index contributed by atoms with van der Waals surface area (Å²) < 4.78 is 0. The molecule has 0 spiro atoms. The van der Waals surface area contributed by atoms with Crippen LogP contribution in [0, 0.1) is 5.92 Å². The Morgan fingerprint density at radius 2 is 2.10 bits per heavy atom. The number of rotatable bonds is 4. The molecule has 0 aliphatic heterocycles. The molecule has 0 heterocycles. The van der Waals surface area contributed by atoms with E-state index in [2.05, 4.69) is 0 Å². The minimum absolute atomic E-state index is 0.0766. The Labute approximate surface area is 130 Å². The predicted octanol–water partition coefficient (Wildman–Crippen LogP) is 3.47. The maximum atomic E-state index is 12.5. The van der Waals surface area contributed by atoms with Gasteiger partial charge in [-0.05, 0) is 43.9 Å². The van der Waals surface area contributed by atoms with Crippen molar-refractivity contribution in [2.24, 2.45) is 11.7 Å². The molecule has 1 aliphatic carbocycles. The average Bonchev–Trinajstić information content (AvgIpc) is 2.86. The van der Waals surface area contributed by atoms with Gasteiger partial charge in [-0.15, -0.1) is 0 Å². The Morgan fingerprint density at radius 3 is 2.65 bits per heavy atom. The van der Waals surface area contributed by atoms with Crippen LogP contribution in [-0.4, -0.2) is 23.4 Å². The molecule has 1 aromatic carbocycles. The van der Waals surface area contributed by atoms with Crippen LogP contribution in [-0.2, 0) is 11.3 Å². The van der Waals surface area contributed by atoms with E-state index in [1.54, 1.807) is 6.07 Å². The van der Waals surface area contributed by atoms with Crippen LogP contribution in [0.4, 0.5) is 0 Å². The third-order valence-electron chi connectivity index (χ3n) is 3.87. The maximum absolute atomic E-state index is 12.5. The Balaban J connectivity index is 2.04. The van der Waals surface area contributed by atoms with Crippen LogP contribution >= 0.6 is 23.2 Å². The second kappa shape index (κ2) is 6.79. The van der Waals surface area contributed by atoms with Crippen molar-refractivity contribution >= 4 is 29.1 Å². The van der Waals surface area contributed by atoms with Crippen molar-refractivity contribution in [2.45, 2.75) is 38.8 Å². The smallest absolute Gasteiger partial charge is 0.226 e. The fraction of sp³-hybridized carbons (Fsp3) is 0.533. The fourth-order valence-corrected chi connectivity index (χ4v) is 3.02. The summed E-state index contributed by atoms with van der Waals surface area (Å²) in [6, 6.07) is 5.67. The van der Waals surface area contributed by atoms with Gasteiger partial charge in [-0.25, -0.2) is 0 Å². The molecule has 0 saturated heterocycles. The lowest BCUT2D eigenvalue weighted by Gasteiger charge is -2.24. The van der Waals surface area contributed by atoms with Crippen molar-refractivity contribution in [1.82, 2.24) is 4.90 Å². The second-order valence-corrected chi connectivity index (χ2v) is 6.19. The van der Waals surface area contributed by atoms with E-state index in [4.69, 9.17) is 28.9 Å². The number of hydrogen-bond acceptors (Lipinski definition) is 2. The standard InChI is InChI=1S/C15H20Cl2N2O/c1-2-19(15(20)11-4-5-12(18)8-11)9-10-3-6-13(16)14(17)7-10/h3,6-7,11-12H,2,4-5,8-9,18H2,1H3. The Hall–Kier alpha value is -0.770. The van der Waals surface area contributed by atoms with Gasteiger partial charge in [-0.3, -0.25) is 4.79 Å². The lowest BCUT2D eigenvalue weighted by molar-refractivity contribution is -0.135. The SMILES string of the molecule is CCN(Cc1ccc(Cl)c(Cl)c1)C(=O)C1CCC(N)C1. The normalized spacial score (nSPS) is 22.0. The predicted molar refractivity (Wildman–Crippen MR) is 82.9 cm³/mol. The number of nitrogens with two attached hydrogens (primary N) is 1. The molecule has 110 valence electrons. The summed E-state index contributed by atoms with van der Waals surface area (Å²) in [6.07, 6.45) is 2.65. The van der Waals surface area contributed by atoms with E-state index < -0.39 is 0 Å². The molecule has 1 aliphatic rings. The molecule has 2 unspecified atom stereocenters. The lowest BCUT2D eigenvalue weighted by atomic mass is 10.1. The van der Waals surface area contributed by atoms with Crippen LogP contribution in [0.15, 0.2) is 18.2 Å². The van der Waals surface area contributed by atoms with Gasteiger partial charge in [0, 0.05) is 25.0 Å². The first-order chi connectivity index (χ1) is 9.51. The van der Waals surface area contributed by atoms with E-state index in [1.807, 2.05) is 24.0 Å². The Kier molecular flexibility index (Phi) is 5.30. The van der Waals surface area contributed by atoms with E-state index in [1.165, 1.54) is 0 Å². The molecule has 20 heavy (non-hydrogen) atoms. The topological polar surface area (TPSA) is 46.3 Å². The molecule has 3 nitrogen and oxygen atoms in total. The molecule has 1 fully saturated rings. The molecule has 0 bridgehead atoms. The maximum Gasteiger partial charge on any atom is 0.226 e. The molecule has 5 heteroatoms. The first-order valence-electron chi connectivity index (χ1n) is 6.99. The van der Waals surface area contributed by atoms with Gasteiger partial charge in [0.25, 0.3) is 0 Å². The summed E-state index contributed by atoms with van der Waals surface area (Å²) in [4.78, 5) is 14.4. The van der Waals surface area contributed by atoms with Crippen molar-refractivity contribution < 1.29 is 4.79 Å². The first kappa shape index (κ1) is 15.6. The number of carbonyl (C=O) groups is 1. The van der Waals surface area contributed by atoms with E-state index in [9.17, 15) is 4.79 Å². The van der Waals surface area contributed by atoms with Crippen LogP contribution in [0.1, 0.15) is 31.7 Å². The molecule has 2 atom stereocenters. The number of halogens is 2. The van der Waals surface area contributed by atoms with E-state index in [0.717, 1.165) is 24.8 Å². The van der Waals surface area contributed by atoms with E-state index >= 15 is 0 Å². The molecule has 1 aromatic rings. The van der Waals surface area contributed by atoms with Crippen molar-refractivity contribution in [3.63, 3.8) is 0 Å². The Bertz CT molecular complexity index is 493. The van der Waals surface area contributed by atoms with Crippen molar-refractivity contribution in [3.8, 4) is 0 Å². The summed E-state index contributed by atoms with van der Waals surface area (Å²) in [5.74, 6) is 0.277. The number of amides is 1. The number of benzene rings is 1. The average molecular weight is 315 g/mol. The number of hydrogen-bond donors (Lipinski definition) is 1. The second-order valence-electron chi connectivity index (χ2n) is 5.37. The third kappa shape index (κ3) is 3.66. The number of nitrogens with zero attached hydrogens (tertiary/aromatic N) is 1. The fourth-order valence-electron chi connectivity index (χ4n) is 2.70. The molecule has 1 saturated carbocycles. The van der Waals surface area contributed by atoms with Crippen molar-refractivity contribution in [3.05, 3.63) is 33.8 Å². The summed E-state index contributed by atoms with van der Waals surface area (Å²) in [6.45, 7) is 3.24. The molecule has 0 radical (unpaired) electrons. The van der Waals surface area contributed by atoms with E-state index in [0.29, 0.717) is 23.1 Å². The molecular formula is C15H20Cl2N2O. The van der Waals surface area contributed by atoms with Gasteiger partial charge in [0.05, 0.1) is 10.0 Å². The Morgan fingerprint density at radius 1 is 1.35 bits per heavy atom. The monoisotopic (exact) mass is 314 g/mol. The van der Waals surface area contributed by atoms with Crippen LogP contribution < -0.4 is 5.73 Å². The molecule has 2 N–H and O–H groups in total. The molecule has 1 amide bonds. The van der Waals surface area contributed by atoms with Crippen LogP contribution in [0.5, 0.6) is 0 Å². The van der Waals surface area contributed by atoms with Crippen LogP contribution in [0.2, 0.25) is 10.0 Å². The highest BCUT2D eigenvalue weighted by atomic mass is 35.5. The highest BCUT2D eigenvalue weighted by Gasteiger charge is 2.30. The van der Waals surface area contributed by atoms with Gasteiger partial charge < -0.3 is 10.6 Å². The zero-order valence-corrected chi connectivity index (χ0v) is 13.1. The molecule has 2 rings (SSSR count). The highest BCUT2D eigenvalue weighted by molar-refractivity contribution is 6.42. The molecular weight excluding hydrogens is 295 g/mol. The van der Waals surface area contributed by atoms with Gasteiger partial charge in [0.1, 0.15) is 0 Å². The van der Waals surface area contributed by atoms with Gasteiger partial charge in [-0.2, -0.15) is 0 Å². The summed E-state index contributed by atoms with van der Waals surface area (Å²) >= 11 is 11.9. The van der Waals surface area contributed by atoms with Gasteiger partial charge in [-0.1, -0.05) is 29.3 Å². The van der Waals surface area contributed by atoms with Crippen molar-refractivity contribution in [2.75, 3.05) is 6.54 Å². The third-order valence-corrected chi connectivity index (χ3v) is 4.61. The van der Waals surface area contributed by atoms with Gasteiger partial charge in [0.15, 0.2) is 0 Å². The quantitative estimate of drug-likeness (QED) is 0.925. The minimum atomic E-state index is 0.0766. The van der Waals surface area contributed by atoms with Crippen LogP contribution in [0.25, 0.3) is 0 Å². The van der Waals surface area contributed by atoms with Crippen molar-refractivity contribution in [1.29, 1.82) is 0 Å². The number of carbonyl (C=O) groups excluding carboxylic acids is 1. The summed E-state index contributed by atoms with van der Waals surface area (Å²) in [7, 11) is 0. The largest absolute Gasteiger partial charge is 0.338 e. The highest BCUT2D eigenvalue weighted by Crippen LogP contribution is 2.27. The summed E-state index contributed by atoms with van der Waals surface area (Å²) in [5, 5.41) is 1.06. The molecule has 0 aromatic heterocycles. The zero-order chi connectivity index (χ0) is 14.7. The lowest BCUT2D eigenvalue weighted by Crippen LogP contribution is -2.35. The summed E-state index contributed by atoms with van der Waals surface area (Å²) in [5.41, 5.74) is 6.89. The van der Waals surface area contributed by atoms with E-state index in [-0.39, 0.29) is 17.9 Å². The van der Waals surface area contributed by atoms with Gasteiger partial charge in [0.2, 0.25) is 5.91 Å².